The quantitative estimate of drug-likeness (QED) is 0.193. The predicted molar refractivity (Wildman–Crippen MR) is 162 cm³/mol. The van der Waals surface area contributed by atoms with Crippen molar-refractivity contribution in [3.8, 4) is 0 Å². The molecule has 0 radical (unpaired) electrons. The largest absolute Gasteiger partial charge is 0.298 e. The summed E-state index contributed by atoms with van der Waals surface area (Å²) in [6.07, 6.45) is 0. The van der Waals surface area contributed by atoms with Gasteiger partial charge >= 0.3 is 0 Å². The molecule has 4 aromatic rings. The van der Waals surface area contributed by atoms with E-state index in [-0.39, 0.29) is 15.6 Å². The first kappa shape index (κ1) is 32.1. The van der Waals surface area contributed by atoms with Crippen molar-refractivity contribution >= 4 is 57.7 Å². The van der Waals surface area contributed by atoms with E-state index in [1.54, 1.807) is 0 Å². The van der Waals surface area contributed by atoms with Crippen LogP contribution in [0, 0.1) is 11.6 Å². The van der Waals surface area contributed by atoms with E-state index in [0.29, 0.717) is 22.3 Å². The number of hydrogen-bond donors (Lipinski definition) is 2. The number of hydrogen-bond acceptors (Lipinski definition) is 5. The maximum absolute atomic E-state index is 14.6. The topological polar surface area (TPSA) is 137 Å². The second-order valence-corrected chi connectivity index (χ2v) is 14.6. The van der Waals surface area contributed by atoms with Gasteiger partial charge in [0.25, 0.3) is 0 Å². The first-order valence-electron chi connectivity index (χ1n) is 12.2. The molecule has 0 saturated heterocycles. The fourth-order valence-electron chi connectivity index (χ4n) is 4.56. The van der Waals surface area contributed by atoms with Crippen molar-refractivity contribution in [2.45, 2.75) is 31.3 Å². The molecule has 0 saturated carbocycles. The fraction of sp³-hybridized carbons (Fsp3) is 0.138. The molecule has 4 N–H and O–H groups in total. The van der Waals surface area contributed by atoms with E-state index in [1.165, 1.54) is 97.1 Å². The van der Waals surface area contributed by atoms with Crippen LogP contribution in [0.5, 0.6) is 0 Å². The van der Waals surface area contributed by atoms with E-state index < -0.39 is 53.2 Å². The molecule has 0 aromatic heterocycles. The van der Waals surface area contributed by atoms with Gasteiger partial charge in [-0.05, 0) is 70.8 Å². The summed E-state index contributed by atoms with van der Waals surface area (Å²) in [5, 5.41) is 10.5. The molecular formula is C29H24Br2F2N2O5S2. The Kier molecular flexibility index (Phi) is 9.80. The van der Waals surface area contributed by atoms with E-state index in [0.717, 1.165) is 0 Å². The lowest BCUT2D eigenvalue weighted by atomic mass is 9.78. The molecule has 4 aromatic carbocycles. The summed E-state index contributed by atoms with van der Waals surface area (Å²) in [5.74, 6) is -3.23. The van der Waals surface area contributed by atoms with Gasteiger partial charge < -0.3 is 0 Å². The van der Waals surface area contributed by atoms with Gasteiger partial charge in [-0.3, -0.25) is 4.79 Å². The second-order valence-electron chi connectivity index (χ2n) is 9.49. The van der Waals surface area contributed by atoms with Crippen LogP contribution in [0.15, 0.2) is 107 Å². The average molecular weight is 742 g/mol. The number of sulfonamides is 2. The summed E-state index contributed by atoms with van der Waals surface area (Å²) < 4.78 is 74.9. The Bertz CT molecular complexity index is 1650. The molecule has 0 heterocycles. The summed E-state index contributed by atoms with van der Waals surface area (Å²) in [7, 11) is -7.90. The zero-order chi connectivity index (χ0) is 30.8. The number of rotatable bonds is 10. The number of nitrogens with two attached hydrogens (primary N) is 2. The van der Waals surface area contributed by atoms with Crippen molar-refractivity contribution < 1.29 is 30.4 Å². The number of alkyl halides is 2. The maximum Gasteiger partial charge on any atom is 0.238 e. The van der Waals surface area contributed by atoms with Gasteiger partial charge in [-0.2, -0.15) is 0 Å². The molecule has 0 aliphatic rings. The third kappa shape index (κ3) is 7.39. The fourth-order valence-corrected chi connectivity index (χ4v) is 7.33. The average Bonchev–Trinajstić information content (AvgIpc) is 2.94. The number of ketones is 1. The van der Waals surface area contributed by atoms with Crippen LogP contribution < -0.4 is 10.3 Å². The van der Waals surface area contributed by atoms with Gasteiger partial charge in [0.15, 0.2) is 5.78 Å². The highest BCUT2D eigenvalue weighted by Crippen LogP contribution is 2.47. The monoisotopic (exact) mass is 740 g/mol. The summed E-state index contributed by atoms with van der Waals surface area (Å²) in [6.45, 7) is 0. The molecule has 0 bridgehead atoms. The van der Waals surface area contributed by atoms with Gasteiger partial charge in [0, 0.05) is 0 Å². The zero-order valence-electron chi connectivity index (χ0n) is 21.6. The Morgan fingerprint density at radius 3 is 1.05 bits per heavy atom. The van der Waals surface area contributed by atoms with E-state index in [4.69, 9.17) is 10.3 Å². The SMILES string of the molecule is NS(=O)(=O)c1ccc(C(Br)C(C(=O)C(c2ccc(F)cc2)C(Br)c2ccc(S(N)(=O)=O)cc2)c2ccc(F)cc2)cc1. The van der Waals surface area contributed by atoms with E-state index in [9.17, 15) is 30.4 Å². The minimum absolute atomic E-state index is 0.108. The lowest BCUT2D eigenvalue weighted by Crippen LogP contribution is -2.27. The molecule has 0 amide bonds. The Labute approximate surface area is 259 Å². The summed E-state index contributed by atoms with van der Waals surface area (Å²) in [6, 6.07) is 22.2. The van der Waals surface area contributed by atoms with Gasteiger partial charge in [-0.25, -0.2) is 35.9 Å². The van der Waals surface area contributed by atoms with Crippen LogP contribution in [0.25, 0.3) is 0 Å². The first-order chi connectivity index (χ1) is 19.7. The predicted octanol–water partition coefficient (Wildman–Crippen LogP) is 5.97. The second kappa shape index (κ2) is 12.8. The molecular weight excluding hydrogens is 718 g/mol. The molecule has 42 heavy (non-hydrogen) atoms. The third-order valence-corrected chi connectivity index (χ3v) is 10.7. The Balaban J connectivity index is 1.84. The van der Waals surface area contributed by atoms with Crippen LogP contribution in [0.1, 0.15) is 43.7 Å². The van der Waals surface area contributed by atoms with Gasteiger partial charge in [0.2, 0.25) is 20.0 Å². The molecule has 13 heteroatoms. The Morgan fingerprint density at radius 1 is 0.524 bits per heavy atom. The van der Waals surface area contributed by atoms with Crippen LogP contribution in [-0.2, 0) is 24.8 Å². The van der Waals surface area contributed by atoms with Crippen LogP contribution in [-0.4, -0.2) is 22.6 Å². The van der Waals surface area contributed by atoms with Crippen molar-refractivity contribution in [1.29, 1.82) is 0 Å². The van der Waals surface area contributed by atoms with Crippen molar-refractivity contribution in [3.63, 3.8) is 0 Å². The van der Waals surface area contributed by atoms with Gasteiger partial charge in [-0.15, -0.1) is 0 Å². The minimum Gasteiger partial charge on any atom is -0.298 e. The number of benzene rings is 4. The van der Waals surface area contributed by atoms with Crippen LogP contribution >= 0.6 is 31.9 Å². The Hall–Kier alpha value is -2.81. The van der Waals surface area contributed by atoms with E-state index >= 15 is 0 Å². The third-order valence-electron chi connectivity index (χ3n) is 6.71. The Morgan fingerprint density at radius 2 is 0.786 bits per heavy atom. The molecule has 220 valence electrons. The summed E-state index contributed by atoms with van der Waals surface area (Å²) in [4.78, 5) is 13.0. The number of Topliss-reactive ketones (excluding diaryl/α,β-unsaturated/α-hetero) is 1. The lowest BCUT2D eigenvalue weighted by Gasteiger charge is -2.30. The number of halogens is 4. The molecule has 4 unspecified atom stereocenters. The number of carbonyl (C=O) groups excluding carboxylic acids is 1. The molecule has 4 rings (SSSR count). The molecule has 0 fully saturated rings. The van der Waals surface area contributed by atoms with Gasteiger partial charge in [-0.1, -0.05) is 80.4 Å². The molecule has 0 aliphatic carbocycles. The van der Waals surface area contributed by atoms with Crippen LogP contribution in [0.3, 0.4) is 0 Å². The van der Waals surface area contributed by atoms with E-state index in [1.807, 2.05) is 0 Å². The molecule has 7 nitrogen and oxygen atoms in total. The van der Waals surface area contributed by atoms with Crippen molar-refractivity contribution in [2.75, 3.05) is 0 Å². The first-order valence-corrected chi connectivity index (χ1v) is 17.2. The molecule has 0 spiro atoms. The summed E-state index contributed by atoms with van der Waals surface area (Å²) in [5.41, 5.74) is 2.03. The molecule has 0 aliphatic heterocycles. The zero-order valence-corrected chi connectivity index (χ0v) is 26.4. The van der Waals surface area contributed by atoms with Gasteiger partial charge in [0.05, 0.1) is 31.3 Å². The van der Waals surface area contributed by atoms with Crippen LogP contribution in [0.4, 0.5) is 8.78 Å². The normalized spacial score (nSPS) is 15.0. The van der Waals surface area contributed by atoms with Crippen molar-refractivity contribution in [3.05, 3.63) is 131 Å². The minimum atomic E-state index is -3.95. The van der Waals surface area contributed by atoms with Crippen molar-refractivity contribution in [2.24, 2.45) is 10.3 Å². The number of primary sulfonamides is 2. The molecule has 4 atom stereocenters. The standard InChI is InChI=1S/C29H24Br2F2N2O5S2/c30-27(19-5-13-23(14-6-19)41(34,37)38)25(17-1-9-21(32)10-2-17)29(36)26(18-3-11-22(33)12-4-18)28(31)20-7-15-24(16-8-20)42(35,39)40/h1-16,25-28H,(H2,34,37,38)(H2,35,39,40). The highest BCUT2D eigenvalue weighted by molar-refractivity contribution is 9.09. The summed E-state index contributed by atoms with van der Waals surface area (Å²) >= 11 is 7.24. The van der Waals surface area contributed by atoms with Crippen molar-refractivity contribution in [1.82, 2.24) is 0 Å². The number of carbonyl (C=O) groups is 1. The highest BCUT2D eigenvalue weighted by atomic mass is 79.9. The lowest BCUT2D eigenvalue weighted by molar-refractivity contribution is -0.122. The van der Waals surface area contributed by atoms with E-state index in [2.05, 4.69) is 31.9 Å². The van der Waals surface area contributed by atoms with Crippen LogP contribution in [0.2, 0.25) is 0 Å². The maximum atomic E-state index is 14.6. The highest BCUT2D eigenvalue weighted by Gasteiger charge is 2.39. The smallest absolute Gasteiger partial charge is 0.238 e. The van der Waals surface area contributed by atoms with Gasteiger partial charge in [0.1, 0.15) is 11.6 Å².